The van der Waals surface area contributed by atoms with Crippen molar-refractivity contribution < 1.29 is 9.21 Å². The summed E-state index contributed by atoms with van der Waals surface area (Å²) >= 11 is 1.70. The number of hydrogen-bond donors (Lipinski definition) is 1. The first-order valence-corrected chi connectivity index (χ1v) is 8.43. The summed E-state index contributed by atoms with van der Waals surface area (Å²) in [6, 6.07) is 9.24. The number of thioether (sulfide) groups is 1. The van der Waals surface area contributed by atoms with Crippen molar-refractivity contribution in [3.63, 3.8) is 0 Å². The highest BCUT2D eigenvalue weighted by atomic mass is 32.2. The highest BCUT2D eigenvalue weighted by Crippen LogP contribution is 2.27. The Labute approximate surface area is 129 Å². The normalized spacial score (nSPS) is 14.1. The second-order valence-corrected chi connectivity index (χ2v) is 6.19. The van der Waals surface area contributed by atoms with Gasteiger partial charge < -0.3 is 15.1 Å². The van der Waals surface area contributed by atoms with Gasteiger partial charge in [0, 0.05) is 12.4 Å². The summed E-state index contributed by atoms with van der Waals surface area (Å²) in [7, 11) is 1.78. The fourth-order valence-electron chi connectivity index (χ4n) is 2.22. The fourth-order valence-corrected chi connectivity index (χ4v) is 2.71. The van der Waals surface area contributed by atoms with E-state index in [2.05, 4.69) is 0 Å². The summed E-state index contributed by atoms with van der Waals surface area (Å²) in [5.74, 6) is 1.63. The maximum Gasteiger partial charge on any atom is 0.239 e. The topological polar surface area (TPSA) is 59.5 Å². The van der Waals surface area contributed by atoms with Crippen LogP contribution < -0.4 is 5.73 Å². The molecule has 5 heteroatoms. The minimum absolute atomic E-state index is 0.0444. The predicted molar refractivity (Wildman–Crippen MR) is 88.4 cm³/mol. The molecule has 0 bridgehead atoms. The molecule has 1 aromatic carbocycles. The van der Waals surface area contributed by atoms with Gasteiger partial charge in [0.1, 0.15) is 11.3 Å². The van der Waals surface area contributed by atoms with Gasteiger partial charge in [0.15, 0.2) is 0 Å². The number of benzene rings is 1. The van der Waals surface area contributed by atoms with Crippen LogP contribution in [-0.4, -0.2) is 35.9 Å². The van der Waals surface area contributed by atoms with Crippen LogP contribution in [0.3, 0.4) is 0 Å². The van der Waals surface area contributed by atoms with Crippen molar-refractivity contribution >= 4 is 28.6 Å². The number of likely N-dealkylation sites (N-methyl/N-ethyl adjacent to an activating group) is 1. The van der Waals surface area contributed by atoms with Crippen LogP contribution in [0.25, 0.3) is 11.0 Å². The lowest BCUT2D eigenvalue weighted by Crippen LogP contribution is -2.43. The molecule has 2 atom stereocenters. The third-order valence-electron chi connectivity index (χ3n) is 3.74. The molecule has 0 aliphatic rings. The van der Waals surface area contributed by atoms with Gasteiger partial charge in [-0.15, -0.1) is 0 Å². The number of furan rings is 1. The van der Waals surface area contributed by atoms with Gasteiger partial charge in [0.2, 0.25) is 5.91 Å². The lowest BCUT2D eigenvalue weighted by Gasteiger charge is -2.26. The van der Waals surface area contributed by atoms with E-state index in [1.165, 1.54) is 0 Å². The van der Waals surface area contributed by atoms with Crippen molar-refractivity contribution in [2.45, 2.75) is 25.4 Å². The number of nitrogens with two attached hydrogens (primary N) is 1. The number of rotatable bonds is 6. The quantitative estimate of drug-likeness (QED) is 0.891. The standard InChI is InChI=1S/C16H22N2O2S/c1-11(18(2)16(19)13(17)8-9-21-3)15-10-12-6-4-5-7-14(12)20-15/h4-7,10-11,13H,8-9,17H2,1-3H3/t11?,13-/m1/s1. The number of carbonyl (C=O) groups excluding carboxylic acids is 1. The van der Waals surface area contributed by atoms with Crippen molar-refractivity contribution in [3.05, 3.63) is 36.1 Å². The minimum Gasteiger partial charge on any atom is -0.459 e. The van der Waals surface area contributed by atoms with Gasteiger partial charge in [0.25, 0.3) is 0 Å². The summed E-state index contributed by atoms with van der Waals surface area (Å²) in [5, 5.41) is 1.05. The smallest absolute Gasteiger partial charge is 0.239 e. The predicted octanol–water partition coefficient (Wildman–Crippen LogP) is 3.03. The SMILES string of the molecule is CSCC[C@@H](N)C(=O)N(C)C(C)c1cc2ccccc2o1. The molecule has 2 N–H and O–H groups in total. The summed E-state index contributed by atoms with van der Waals surface area (Å²) in [5.41, 5.74) is 6.80. The molecule has 0 aliphatic heterocycles. The van der Waals surface area contributed by atoms with Crippen molar-refractivity contribution in [3.8, 4) is 0 Å². The number of nitrogens with zero attached hydrogens (tertiary/aromatic N) is 1. The molecule has 0 radical (unpaired) electrons. The molecular formula is C16H22N2O2S. The maximum atomic E-state index is 12.3. The lowest BCUT2D eigenvalue weighted by molar-refractivity contribution is -0.133. The van der Waals surface area contributed by atoms with Crippen LogP contribution in [0.2, 0.25) is 0 Å². The first kappa shape index (κ1) is 15.9. The third-order valence-corrected chi connectivity index (χ3v) is 4.38. The zero-order valence-corrected chi connectivity index (χ0v) is 13.5. The Morgan fingerprint density at radius 1 is 1.43 bits per heavy atom. The molecule has 0 saturated heterocycles. The Kier molecular flexibility index (Phi) is 5.31. The highest BCUT2D eigenvalue weighted by Gasteiger charge is 2.24. The lowest BCUT2D eigenvalue weighted by atomic mass is 10.1. The monoisotopic (exact) mass is 306 g/mol. The Morgan fingerprint density at radius 2 is 2.14 bits per heavy atom. The van der Waals surface area contributed by atoms with Gasteiger partial charge in [0.05, 0.1) is 12.1 Å². The maximum absolute atomic E-state index is 12.3. The van der Waals surface area contributed by atoms with Gasteiger partial charge >= 0.3 is 0 Å². The van der Waals surface area contributed by atoms with Crippen LogP contribution >= 0.6 is 11.8 Å². The molecule has 2 aromatic rings. The zero-order chi connectivity index (χ0) is 15.4. The molecular weight excluding hydrogens is 284 g/mol. The van der Waals surface area contributed by atoms with Gasteiger partial charge in [-0.05, 0) is 37.5 Å². The Balaban J connectivity index is 2.10. The van der Waals surface area contributed by atoms with Crippen LogP contribution in [0.5, 0.6) is 0 Å². The Hall–Kier alpha value is -1.46. The third kappa shape index (κ3) is 3.60. The van der Waals surface area contributed by atoms with Crippen molar-refractivity contribution in [1.29, 1.82) is 0 Å². The number of hydrogen-bond acceptors (Lipinski definition) is 4. The van der Waals surface area contributed by atoms with Gasteiger partial charge in [-0.2, -0.15) is 11.8 Å². The zero-order valence-electron chi connectivity index (χ0n) is 12.7. The molecule has 2 rings (SSSR count). The van der Waals surface area contributed by atoms with Crippen LogP contribution in [0.1, 0.15) is 25.1 Å². The van der Waals surface area contributed by atoms with Gasteiger partial charge in [-0.1, -0.05) is 18.2 Å². The van der Waals surface area contributed by atoms with E-state index < -0.39 is 6.04 Å². The summed E-state index contributed by atoms with van der Waals surface area (Å²) < 4.78 is 5.82. The van der Waals surface area contributed by atoms with Crippen LogP contribution in [0.15, 0.2) is 34.7 Å². The average Bonchev–Trinajstić information content (AvgIpc) is 2.94. The molecule has 0 saturated carbocycles. The van der Waals surface area contributed by atoms with E-state index in [0.29, 0.717) is 6.42 Å². The van der Waals surface area contributed by atoms with E-state index in [1.54, 1.807) is 23.7 Å². The van der Waals surface area contributed by atoms with Gasteiger partial charge in [-0.3, -0.25) is 4.79 Å². The van der Waals surface area contributed by atoms with E-state index in [1.807, 2.05) is 43.5 Å². The molecule has 21 heavy (non-hydrogen) atoms. The largest absolute Gasteiger partial charge is 0.459 e. The first-order chi connectivity index (χ1) is 10.0. The molecule has 114 valence electrons. The summed E-state index contributed by atoms with van der Waals surface area (Å²) in [6.07, 6.45) is 2.70. The molecule has 1 unspecified atom stereocenters. The van der Waals surface area contributed by atoms with E-state index in [0.717, 1.165) is 22.5 Å². The van der Waals surface area contributed by atoms with Crippen LogP contribution in [0, 0.1) is 0 Å². The Bertz CT molecular complexity index is 578. The molecule has 4 nitrogen and oxygen atoms in total. The molecule has 0 fully saturated rings. The fraction of sp³-hybridized carbons (Fsp3) is 0.438. The molecule has 0 aliphatic carbocycles. The molecule has 1 aromatic heterocycles. The number of para-hydroxylation sites is 1. The van der Waals surface area contributed by atoms with E-state index in [4.69, 9.17) is 10.2 Å². The van der Waals surface area contributed by atoms with Crippen LogP contribution in [-0.2, 0) is 4.79 Å². The molecule has 0 spiro atoms. The second-order valence-electron chi connectivity index (χ2n) is 5.20. The van der Waals surface area contributed by atoms with Gasteiger partial charge in [-0.25, -0.2) is 0 Å². The number of carbonyl (C=O) groups is 1. The molecule has 1 heterocycles. The van der Waals surface area contributed by atoms with Crippen molar-refractivity contribution in [1.82, 2.24) is 4.90 Å². The average molecular weight is 306 g/mol. The number of amides is 1. The Morgan fingerprint density at radius 3 is 2.81 bits per heavy atom. The minimum atomic E-state index is -0.450. The first-order valence-electron chi connectivity index (χ1n) is 7.04. The molecule has 1 amide bonds. The van der Waals surface area contributed by atoms with E-state index >= 15 is 0 Å². The summed E-state index contributed by atoms with van der Waals surface area (Å²) in [4.78, 5) is 14.0. The second kappa shape index (κ2) is 7.00. The van der Waals surface area contributed by atoms with Crippen molar-refractivity contribution in [2.24, 2.45) is 5.73 Å². The number of fused-ring (bicyclic) bond motifs is 1. The highest BCUT2D eigenvalue weighted by molar-refractivity contribution is 7.98. The summed E-state index contributed by atoms with van der Waals surface area (Å²) in [6.45, 7) is 1.96. The van der Waals surface area contributed by atoms with Crippen LogP contribution in [0.4, 0.5) is 0 Å². The van der Waals surface area contributed by atoms with E-state index in [-0.39, 0.29) is 11.9 Å². The van der Waals surface area contributed by atoms with Crippen molar-refractivity contribution in [2.75, 3.05) is 19.1 Å². The van der Waals surface area contributed by atoms with E-state index in [9.17, 15) is 4.79 Å².